The SMILES string of the molecule is O=C(O)c1ccccc1N=Cc1cc2c3c(c1O)CCCN3CCC2. The van der Waals surface area contributed by atoms with Gasteiger partial charge in [-0.3, -0.25) is 4.99 Å². The summed E-state index contributed by atoms with van der Waals surface area (Å²) in [5.41, 5.74) is 4.69. The number of carbonyl (C=O) groups is 1. The monoisotopic (exact) mass is 336 g/mol. The standard InChI is InChI=1S/C20H20N2O3/c23-19-14(12-21-17-8-2-1-6-15(17)20(24)25)11-13-5-3-9-22-10-4-7-16(19)18(13)22/h1-2,6,8,11-12,23H,3-5,7,9-10H2,(H,24,25). The van der Waals surface area contributed by atoms with Crippen molar-refractivity contribution < 1.29 is 15.0 Å². The molecule has 0 amide bonds. The molecule has 0 saturated heterocycles. The van der Waals surface area contributed by atoms with Gasteiger partial charge in [0.15, 0.2) is 0 Å². The number of rotatable bonds is 3. The Morgan fingerprint density at radius 1 is 1.16 bits per heavy atom. The van der Waals surface area contributed by atoms with Crippen molar-refractivity contribution in [2.45, 2.75) is 25.7 Å². The van der Waals surface area contributed by atoms with Gasteiger partial charge in [0.1, 0.15) is 5.75 Å². The molecule has 0 spiro atoms. The number of phenols is 1. The Morgan fingerprint density at radius 3 is 2.72 bits per heavy atom. The van der Waals surface area contributed by atoms with Crippen LogP contribution in [-0.2, 0) is 12.8 Å². The summed E-state index contributed by atoms with van der Waals surface area (Å²) in [6.45, 7) is 2.11. The third kappa shape index (κ3) is 2.76. The molecule has 4 rings (SSSR count). The Kier molecular flexibility index (Phi) is 3.92. The highest BCUT2D eigenvalue weighted by Crippen LogP contribution is 2.41. The average molecular weight is 336 g/mol. The van der Waals surface area contributed by atoms with Gasteiger partial charge >= 0.3 is 5.97 Å². The van der Waals surface area contributed by atoms with Gasteiger partial charge in [0.25, 0.3) is 0 Å². The quantitative estimate of drug-likeness (QED) is 0.841. The number of aromatic hydroxyl groups is 1. The molecule has 0 aromatic heterocycles. The molecule has 5 nitrogen and oxygen atoms in total. The maximum atomic E-state index is 11.3. The summed E-state index contributed by atoms with van der Waals surface area (Å²) >= 11 is 0. The summed E-state index contributed by atoms with van der Waals surface area (Å²) < 4.78 is 0. The molecule has 0 radical (unpaired) electrons. The first-order valence-corrected chi connectivity index (χ1v) is 8.64. The Morgan fingerprint density at radius 2 is 1.92 bits per heavy atom. The van der Waals surface area contributed by atoms with Gasteiger partial charge in [-0.1, -0.05) is 12.1 Å². The fourth-order valence-corrected chi connectivity index (χ4v) is 3.87. The first-order chi connectivity index (χ1) is 12.1. The molecule has 0 unspecified atom stereocenters. The van der Waals surface area contributed by atoms with E-state index in [4.69, 9.17) is 0 Å². The van der Waals surface area contributed by atoms with Crippen molar-refractivity contribution in [3.63, 3.8) is 0 Å². The van der Waals surface area contributed by atoms with Gasteiger partial charge in [0.05, 0.1) is 11.3 Å². The summed E-state index contributed by atoms with van der Waals surface area (Å²) in [5, 5.41) is 20.0. The summed E-state index contributed by atoms with van der Waals surface area (Å²) in [4.78, 5) is 18.0. The van der Waals surface area contributed by atoms with Gasteiger partial charge in [0.2, 0.25) is 0 Å². The molecular formula is C20H20N2O3. The molecule has 2 aromatic carbocycles. The van der Waals surface area contributed by atoms with Crippen LogP contribution in [0.5, 0.6) is 5.75 Å². The Labute approximate surface area is 146 Å². The number of para-hydroxylation sites is 1. The number of anilines is 1. The lowest BCUT2D eigenvalue weighted by Crippen LogP contribution is -2.34. The minimum absolute atomic E-state index is 0.156. The van der Waals surface area contributed by atoms with Crippen molar-refractivity contribution >= 4 is 23.6 Å². The lowest BCUT2D eigenvalue weighted by molar-refractivity contribution is 0.0698. The smallest absolute Gasteiger partial charge is 0.337 e. The number of aromatic carboxylic acids is 1. The fraction of sp³-hybridized carbons (Fsp3) is 0.300. The molecule has 25 heavy (non-hydrogen) atoms. The van der Waals surface area contributed by atoms with Gasteiger partial charge in [-0.2, -0.15) is 0 Å². The van der Waals surface area contributed by atoms with E-state index in [2.05, 4.69) is 9.89 Å². The number of aryl methyl sites for hydroxylation is 1. The minimum Gasteiger partial charge on any atom is -0.507 e. The zero-order valence-corrected chi connectivity index (χ0v) is 13.9. The second kappa shape index (κ2) is 6.24. The minimum atomic E-state index is -1.01. The highest BCUT2D eigenvalue weighted by molar-refractivity contribution is 5.96. The van der Waals surface area contributed by atoms with Crippen molar-refractivity contribution in [2.24, 2.45) is 4.99 Å². The second-order valence-electron chi connectivity index (χ2n) is 6.58. The third-order valence-electron chi connectivity index (χ3n) is 5.00. The number of carboxylic acids is 1. The third-order valence-corrected chi connectivity index (χ3v) is 5.00. The lowest BCUT2D eigenvalue weighted by atomic mass is 9.89. The van der Waals surface area contributed by atoms with E-state index >= 15 is 0 Å². The molecule has 0 bridgehead atoms. The summed E-state index contributed by atoms with van der Waals surface area (Å²) in [6, 6.07) is 8.63. The van der Waals surface area contributed by atoms with Crippen molar-refractivity contribution in [3.05, 3.63) is 52.6 Å². The zero-order chi connectivity index (χ0) is 17.4. The van der Waals surface area contributed by atoms with E-state index < -0.39 is 5.97 Å². The van der Waals surface area contributed by atoms with E-state index in [1.165, 1.54) is 17.3 Å². The van der Waals surface area contributed by atoms with Crippen molar-refractivity contribution in [2.75, 3.05) is 18.0 Å². The number of phenolic OH excluding ortho intramolecular Hbond substituents is 1. The molecule has 0 saturated carbocycles. The van der Waals surface area contributed by atoms with Crippen LogP contribution < -0.4 is 4.90 Å². The van der Waals surface area contributed by atoms with Gasteiger partial charge in [-0.15, -0.1) is 0 Å². The van der Waals surface area contributed by atoms with Gasteiger partial charge in [-0.05, 0) is 49.4 Å². The van der Waals surface area contributed by atoms with Gasteiger partial charge in [-0.25, -0.2) is 4.79 Å². The average Bonchev–Trinajstić information content (AvgIpc) is 2.63. The van der Waals surface area contributed by atoms with Crippen LogP contribution in [0.3, 0.4) is 0 Å². The van der Waals surface area contributed by atoms with E-state index in [0.717, 1.165) is 44.3 Å². The van der Waals surface area contributed by atoms with Crippen molar-refractivity contribution in [1.82, 2.24) is 0 Å². The van der Waals surface area contributed by atoms with Crippen LogP contribution in [0.1, 0.15) is 39.9 Å². The molecule has 2 aromatic rings. The van der Waals surface area contributed by atoms with Crippen LogP contribution in [0.15, 0.2) is 35.3 Å². The van der Waals surface area contributed by atoms with E-state index in [9.17, 15) is 15.0 Å². The maximum Gasteiger partial charge on any atom is 0.337 e. The number of benzene rings is 2. The highest BCUT2D eigenvalue weighted by Gasteiger charge is 2.27. The number of hydrogen-bond acceptors (Lipinski definition) is 4. The Bertz CT molecular complexity index is 871. The predicted molar refractivity (Wildman–Crippen MR) is 97.6 cm³/mol. The summed E-state index contributed by atoms with van der Waals surface area (Å²) in [5.74, 6) is -0.727. The fourth-order valence-electron chi connectivity index (χ4n) is 3.87. The molecule has 0 fully saturated rings. The molecule has 2 heterocycles. The second-order valence-corrected chi connectivity index (χ2v) is 6.58. The topological polar surface area (TPSA) is 73.1 Å². The van der Waals surface area contributed by atoms with Crippen LogP contribution in [0, 0.1) is 0 Å². The molecule has 2 aliphatic rings. The van der Waals surface area contributed by atoms with Gasteiger partial charge < -0.3 is 15.1 Å². The van der Waals surface area contributed by atoms with Crippen LogP contribution in [0.25, 0.3) is 0 Å². The van der Waals surface area contributed by atoms with E-state index in [-0.39, 0.29) is 11.3 Å². The predicted octanol–water partition coefficient (Wildman–Crippen LogP) is 3.54. The largest absolute Gasteiger partial charge is 0.507 e. The van der Waals surface area contributed by atoms with Crippen LogP contribution in [-0.4, -0.2) is 35.5 Å². The van der Waals surface area contributed by atoms with Gasteiger partial charge in [0, 0.05) is 36.1 Å². The molecule has 2 N–H and O–H groups in total. The first kappa shape index (κ1) is 15.7. The zero-order valence-electron chi connectivity index (χ0n) is 13.9. The lowest BCUT2D eigenvalue weighted by Gasteiger charge is -2.37. The van der Waals surface area contributed by atoms with Crippen LogP contribution in [0.2, 0.25) is 0 Å². The molecule has 5 heteroatoms. The molecule has 0 atom stereocenters. The first-order valence-electron chi connectivity index (χ1n) is 8.64. The number of aliphatic imine (C=N–C) groups is 1. The summed E-state index contributed by atoms with van der Waals surface area (Å²) in [7, 11) is 0. The van der Waals surface area contributed by atoms with E-state index in [0.29, 0.717) is 11.3 Å². The molecule has 0 aliphatic carbocycles. The van der Waals surface area contributed by atoms with Crippen molar-refractivity contribution in [3.8, 4) is 5.75 Å². The Hall–Kier alpha value is -2.82. The van der Waals surface area contributed by atoms with Crippen LogP contribution >= 0.6 is 0 Å². The van der Waals surface area contributed by atoms with E-state index in [1.807, 2.05) is 6.07 Å². The number of hydrogen-bond donors (Lipinski definition) is 2. The maximum absolute atomic E-state index is 11.3. The van der Waals surface area contributed by atoms with E-state index in [1.54, 1.807) is 24.4 Å². The van der Waals surface area contributed by atoms with Crippen molar-refractivity contribution in [1.29, 1.82) is 0 Å². The molecule has 2 aliphatic heterocycles. The van der Waals surface area contributed by atoms with Crippen LogP contribution in [0.4, 0.5) is 11.4 Å². The molecule has 128 valence electrons. The number of nitrogens with zero attached hydrogens (tertiary/aromatic N) is 2. The summed E-state index contributed by atoms with van der Waals surface area (Å²) in [6.07, 6.45) is 5.63. The Balaban J connectivity index is 1.76. The normalized spacial score (nSPS) is 16.1. The molecular weight excluding hydrogens is 316 g/mol. The highest BCUT2D eigenvalue weighted by atomic mass is 16.4. The number of carboxylic acid groups (broad SMARTS) is 1.